The lowest BCUT2D eigenvalue weighted by molar-refractivity contribution is -0.131. The molecule has 0 unspecified atom stereocenters. The fraction of sp³-hybridized carbons (Fsp3) is 0.0800. The lowest BCUT2D eigenvalue weighted by Crippen LogP contribution is -2.32. The van der Waals surface area contributed by atoms with Crippen LogP contribution in [-0.4, -0.2) is 27.6 Å². The molecule has 1 amide bonds. The molecule has 8 heteroatoms. The van der Waals surface area contributed by atoms with Gasteiger partial charge in [0.05, 0.1) is 23.7 Å². The average molecular weight is 440 g/mol. The summed E-state index contributed by atoms with van der Waals surface area (Å²) in [6.07, 6.45) is 1.44. The van der Waals surface area contributed by atoms with Gasteiger partial charge in [-0.05, 0) is 47.5 Å². The summed E-state index contributed by atoms with van der Waals surface area (Å²) in [5.74, 6) is -0.645. The number of nitrogens with zero attached hydrogens (tertiary/aromatic N) is 3. The van der Waals surface area contributed by atoms with Crippen molar-refractivity contribution in [1.29, 1.82) is 0 Å². The van der Waals surface area contributed by atoms with Crippen LogP contribution in [0.5, 0.6) is 5.75 Å². The second-order valence-electron chi connectivity index (χ2n) is 7.19. The third-order valence-corrected chi connectivity index (χ3v) is 4.77. The van der Waals surface area contributed by atoms with Crippen molar-refractivity contribution in [3.8, 4) is 5.75 Å². The number of fused-ring (bicyclic) bond motifs is 1. The largest absolute Gasteiger partial charge is 0.427 e. The summed E-state index contributed by atoms with van der Waals surface area (Å²) in [6.45, 7) is 1.52. The molecule has 0 fully saturated rings. The second kappa shape index (κ2) is 9.69. The molecule has 0 saturated heterocycles. The third-order valence-electron chi connectivity index (χ3n) is 4.77. The van der Waals surface area contributed by atoms with Crippen LogP contribution in [0.4, 0.5) is 0 Å². The first kappa shape index (κ1) is 21.6. The van der Waals surface area contributed by atoms with Crippen LogP contribution >= 0.6 is 0 Å². The normalized spacial score (nSPS) is 10.9. The zero-order valence-electron chi connectivity index (χ0n) is 17.8. The minimum Gasteiger partial charge on any atom is -0.427 e. The fourth-order valence-electron chi connectivity index (χ4n) is 3.26. The maximum absolute atomic E-state index is 13.1. The van der Waals surface area contributed by atoms with E-state index in [1.165, 1.54) is 17.7 Å². The van der Waals surface area contributed by atoms with E-state index in [0.717, 1.165) is 5.56 Å². The number of rotatable bonds is 6. The molecule has 3 aromatic carbocycles. The van der Waals surface area contributed by atoms with Crippen LogP contribution in [0, 0.1) is 0 Å². The van der Waals surface area contributed by atoms with E-state index in [1.54, 1.807) is 48.5 Å². The number of nitrogens with one attached hydrogen (secondary N) is 1. The molecule has 164 valence electrons. The molecule has 0 aliphatic rings. The van der Waals surface area contributed by atoms with Gasteiger partial charge < -0.3 is 4.74 Å². The first-order chi connectivity index (χ1) is 16.0. The van der Waals surface area contributed by atoms with Crippen molar-refractivity contribution in [1.82, 2.24) is 15.0 Å². The summed E-state index contributed by atoms with van der Waals surface area (Å²) in [4.78, 5) is 41.5. The Morgan fingerprint density at radius 3 is 2.42 bits per heavy atom. The van der Waals surface area contributed by atoms with Crippen LogP contribution in [0.3, 0.4) is 0 Å². The highest BCUT2D eigenvalue weighted by Crippen LogP contribution is 2.12. The lowest BCUT2D eigenvalue weighted by atomic mass is 10.2. The van der Waals surface area contributed by atoms with Gasteiger partial charge in [0.1, 0.15) is 5.75 Å². The van der Waals surface area contributed by atoms with E-state index in [2.05, 4.69) is 15.5 Å². The van der Waals surface area contributed by atoms with Gasteiger partial charge in [0.25, 0.3) is 5.56 Å². The molecule has 0 aliphatic heterocycles. The summed E-state index contributed by atoms with van der Waals surface area (Å²) in [5, 5.41) is 4.41. The van der Waals surface area contributed by atoms with Crippen LogP contribution < -0.4 is 15.7 Å². The van der Waals surface area contributed by atoms with Gasteiger partial charge >= 0.3 is 11.9 Å². The first-order valence-electron chi connectivity index (χ1n) is 10.2. The van der Waals surface area contributed by atoms with Crippen LogP contribution in [-0.2, 0) is 11.3 Å². The van der Waals surface area contributed by atoms with Gasteiger partial charge in [0.15, 0.2) is 0 Å². The molecule has 0 atom stereocenters. The van der Waals surface area contributed by atoms with Crippen molar-refractivity contribution in [2.45, 2.75) is 13.5 Å². The molecule has 33 heavy (non-hydrogen) atoms. The first-order valence-corrected chi connectivity index (χ1v) is 10.2. The molecule has 0 aliphatic carbocycles. The SMILES string of the molecule is CC(=O)Oc1ccc(/C=N\NC(=O)c2nc3ccccc3c(=O)n2Cc2ccccc2)cc1. The zero-order valence-corrected chi connectivity index (χ0v) is 17.8. The molecule has 1 N–H and O–H groups in total. The Morgan fingerprint density at radius 2 is 1.70 bits per heavy atom. The van der Waals surface area contributed by atoms with Gasteiger partial charge in [-0.25, -0.2) is 10.4 Å². The van der Waals surface area contributed by atoms with Crippen molar-refractivity contribution in [2.75, 3.05) is 0 Å². The average Bonchev–Trinajstić information content (AvgIpc) is 2.82. The van der Waals surface area contributed by atoms with E-state index in [0.29, 0.717) is 22.2 Å². The topological polar surface area (TPSA) is 103 Å². The van der Waals surface area contributed by atoms with E-state index >= 15 is 0 Å². The summed E-state index contributed by atoms with van der Waals surface area (Å²) >= 11 is 0. The van der Waals surface area contributed by atoms with Gasteiger partial charge in [-0.15, -0.1) is 0 Å². The molecule has 0 spiro atoms. The Kier molecular flexibility index (Phi) is 6.36. The van der Waals surface area contributed by atoms with Crippen LogP contribution in [0.2, 0.25) is 0 Å². The predicted octanol–water partition coefficient (Wildman–Crippen LogP) is 3.13. The van der Waals surface area contributed by atoms with Crippen LogP contribution in [0.25, 0.3) is 10.9 Å². The number of carbonyl (C=O) groups is 2. The number of carbonyl (C=O) groups excluding carboxylic acids is 2. The summed E-state index contributed by atoms with van der Waals surface area (Å²) in [6, 6.07) is 22.9. The number of hydrogen-bond donors (Lipinski definition) is 1. The fourth-order valence-corrected chi connectivity index (χ4v) is 3.26. The molecule has 1 aromatic heterocycles. The van der Waals surface area contributed by atoms with E-state index in [-0.39, 0.29) is 17.9 Å². The molecule has 8 nitrogen and oxygen atoms in total. The van der Waals surface area contributed by atoms with Crippen molar-refractivity contribution in [3.63, 3.8) is 0 Å². The summed E-state index contributed by atoms with van der Waals surface area (Å²) < 4.78 is 6.33. The minimum atomic E-state index is -0.610. The highest BCUT2D eigenvalue weighted by atomic mass is 16.5. The van der Waals surface area contributed by atoms with Gasteiger partial charge in [-0.1, -0.05) is 42.5 Å². The molecule has 1 heterocycles. The summed E-state index contributed by atoms with van der Waals surface area (Å²) in [5.41, 5.74) is 4.10. The number of esters is 1. The van der Waals surface area contributed by atoms with Crippen molar-refractivity contribution >= 4 is 29.0 Å². The van der Waals surface area contributed by atoms with Crippen molar-refractivity contribution in [3.05, 3.63) is 106 Å². The number of amides is 1. The minimum absolute atomic E-state index is 0.0371. The van der Waals surface area contributed by atoms with Gasteiger partial charge in [0, 0.05) is 6.92 Å². The molecule has 4 rings (SSSR count). The number of aromatic nitrogens is 2. The van der Waals surface area contributed by atoms with Gasteiger partial charge in [0.2, 0.25) is 5.82 Å². The number of benzene rings is 3. The molecule has 0 bridgehead atoms. The Labute approximate surface area is 189 Å². The molecular formula is C25H20N4O4. The molecule has 0 radical (unpaired) electrons. The van der Waals surface area contributed by atoms with E-state index in [9.17, 15) is 14.4 Å². The number of hydrazone groups is 1. The number of ether oxygens (including phenoxy) is 1. The molecule has 0 saturated carbocycles. The smallest absolute Gasteiger partial charge is 0.308 e. The zero-order chi connectivity index (χ0) is 23.2. The molecular weight excluding hydrogens is 420 g/mol. The second-order valence-corrected chi connectivity index (χ2v) is 7.19. The van der Waals surface area contributed by atoms with E-state index in [1.807, 2.05) is 30.3 Å². The van der Waals surface area contributed by atoms with Gasteiger partial charge in [-0.2, -0.15) is 5.10 Å². The predicted molar refractivity (Wildman–Crippen MR) is 124 cm³/mol. The van der Waals surface area contributed by atoms with Crippen molar-refractivity contribution < 1.29 is 14.3 Å². The number of hydrogen-bond acceptors (Lipinski definition) is 6. The maximum Gasteiger partial charge on any atom is 0.308 e. The van der Waals surface area contributed by atoms with Crippen molar-refractivity contribution in [2.24, 2.45) is 5.10 Å². The van der Waals surface area contributed by atoms with Gasteiger partial charge in [-0.3, -0.25) is 19.0 Å². The Morgan fingerprint density at radius 1 is 1.00 bits per heavy atom. The van der Waals surface area contributed by atoms with Crippen LogP contribution in [0.1, 0.15) is 28.7 Å². The Balaban J connectivity index is 1.60. The number of para-hydroxylation sites is 1. The Hall–Kier alpha value is -4.59. The quantitative estimate of drug-likeness (QED) is 0.215. The standard InChI is InChI=1S/C25H20N4O4/c1-17(30)33-20-13-11-18(12-14-20)15-26-28-24(31)23-27-22-10-6-5-9-21(22)25(32)29(23)16-19-7-3-2-4-8-19/h2-15H,16H2,1H3,(H,28,31)/b26-15-. The monoisotopic (exact) mass is 440 g/mol. The molecule has 4 aromatic rings. The highest BCUT2D eigenvalue weighted by Gasteiger charge is 2.17. The third kappa shape index (κ3) is 5.19. The maximum atomic E-state index is 13.1. The van der Waals surface area contributed by atoms with Crippen LogP contribution in [0.15, 0.2) is 88.8 Å². The summed E-state index contributed by atoms with van der Waals surface area (Å²) in [7, 11) is 0. The Bertz CT molecular complexity index is 1390. The highest BCUT2D eigenvalue weighted by molar-refractivity contribution is 5.93. The van der Waals surface area contributed by atoms with E-state index in [4.69, 9.17) is 4.74 Å². The van der Waals surface area contributed by atoms with E-state index < -0.39 is 11.9 Å². The lowest BCUT2D eigenvalue weighted by Gasteiger charge is -2.12.